The maximum atomic E-state index is 12.2. The zero-order chi connectivity index (χ0) is 15.3. The lowest BCUT2D eigenvalue weighted by Gasteiger charge is -2.21. The topological polar surface area (TPSA) is 105 Å². The van der Waals surface area contributed by atoms with Crippen LogP contribution in [0.5, 0.6) is 0 Å². The summed E-state index contributed by atoms with van der Waals surface area (Å²) in [7, 11) is -3.82. The number of amides is 2. The quantitative estimate of drug-likeness (QED) is 0.791. The number of anilines is 2. The minimum atomic E-state index is -3.82. The third-order valence-electron chi connectivity index (χ3n) is 3.27. The molecule has 0 aliphatic carbocycles. The summed E-state index contributed by atoms with van der Waals surface area (Å²) in [6.45, 7) is 1.50. The van der Waals surface area contributed by atoms with Gasteiger partial charge in [0.05, 0.1) is 5.69 Å². The Kier molecular flexibility index (Phi) is 5.03. The van der Waals surface area contributed by atoms with E-state index in [-0.39, 0.29) is 6.03 Å². The number of benzene rings is 1. The van der Waals surface area contributed by atoms with Crippen LogP contribution >= 0.6 is 0 Å². The number of likely N-dealkylation sites (tertiary alicyclic amines) is 1. The van der Waals surface area contributed by atoms with E-state index in [9.17, 15) is 13.2 Å². The van der Waals surface area contributed by atoms with E-state index in [0.717, 1.165) is 38.8 Å². The molecule has 0 radical (unpaired) electrons. The molecule has 0 atom stereocenters. The number of nitrogens with zero attached hydrogens (tertiary/aromatic N) is 1. The molecule has 1 aliphatic heterocycles. The Bertz CT molecular complexity index is 595. The number of hydrogen-bond donors (Lipinski definition) is 3. The minimum Gasteiger partial charge on any atom is -0.325 e. The molecule has 1 fully saturated rings. The monoisotopic (exact) mass is 312 g/mol. The van der Waals surface area contributed by atoms with Gasteiger partial charge in [-0.1, -0.05) is 18.9 Å². The van der Waals surface area contributed by atoms with Crippen LogP contribution < -0.4 is 15.2 Å². The van der Waals surface area contributed by atoms with Crippen molar-refractivity contribution < 1.29 is 13.2 Å². The number of hydrogen-bond acceptors (Lipinski definition) is 3. The standard InChI is InChI=1S/C13H20N4O3S/c14-21(19,20)16-12-7-5-6-11(10-12)15-13(18)17-8-3-1-2-4-9-17/h5-7,10,16H,1-4,8-9H2,(H,15,18)(H2,14,19,20). The molecule has 0 aromatic heterocycles. The first-order valence-electron chi connectivity index (χ1n) is 6.90. The summed E-state index contributed by atoms with van der Waals surface area (Å²) in [5.41, 5.74) is 0.837. The Morgan fingerprint density at radius 3 is 2.33 bits per heavy atom. The fourth-order valence-corrected chi connectivity index (χ4v) is 2.76. The van der Waals surface area contributed by atoms with Gasteiger partial charge in [-0.05, 0) is 31.0 Å². The molecule has 4 N–H and O–H groups in total. The smallest absolute Gasteiger partial charge is 0.321 e. The van der Waals surface area contributed by atoms with Gasteiger partial charge in [-0.25, -0.2) is 9.93 Å². The predicted octanol–water partition coefficient (Wildman–Crippen LogP) is 1.71. The minimum absolute atomic E-state index is 0.162. The van der Waals surface area contributed by atoms with Crippen LogP contribution in [0.2, 0.25) is 0 Å². The van der Waals surface area contributed by atoms with Crippen molar-refractivity contribution in [1.82, 2.24) is 4.90 Å². The van der Waals surface area contributed by atoms with Crippen LogP contribution in [0, 0.1) is 0 Å². The van der Waals surface area contributed by atoms with E-state index in [1.807, 2.05) is 0 Å². The van der Waals surface area contributed by atoms with Crippen LogP contribution in [0.4, 0.5) is 16.2 Å². The van der Waals surface area contributed by atoms with E-state index in [1.165, 1.54) is 6.07 Å². The summed E-state index contributed by atoms with van der Waals surface area (Å²) in [6, 6.07) is 6.27. The third kappa shape index (κ3) is 5.24. The molecule has 0 spiro atoms. The van der Waals surface area contributed by atoms with Crippen molar-refractivity contribution in [2.24, 2.45) is 5.14 Å². The number of nitrogens with one attached hydrogen (secondary N) is 2. The van der Waals surface area contributed by atoms with Crippen molar-refractivity contribution in [1.29, 1.82) is 0 Å². The van der Waals surface area contributed by atoms with Gasteiger partial charge in [0.15, 0.2) is 0 Å². The molecule has 8 heteroatoms. The van der Waals surface area contributed by atoms with Crippen LogP contribution in [0.25, 0.3) is 0 Å². The first kappa shape index (κ1) is 15.6. The summed E-state index contributed by atoms with van der Waals surface area (Å²) < 4.78 is 24.2. The molecule has 116 valence electrons. The largest absolute Gasteiger partial charge is 0.325 e. The molecule has 0 bridgehead atoms. The van der Waals surface area contributed by atoms with Gasteiger partial charge in [0.25, 0.3) is 10.2 Å². The fraction of sp³-hybridized carbons (Fsp3) is 0.462. The van der Waals surface area contributed by atoms with E-state index in [1.54, 1.807) is 23.1 Å². The van der Waals surface area contributed by atoms with E-state index in [2.05, 4.69) is 10.0 Å². The van der Waals surface area contributed by atoms with Crippen molar-refractivity contribution in [3.8, 4) is 0 Å². The molecule has 0 unspecified atom stereocenters. The van der Waals surface area contributed by atoms with Crippen molar-refractivity contribution in [3.05, 3.63) is 24.3 Å². The van der Waals surface area contributed by atoms with Gasteiger partial charge in [0.2, 0.25) is 0 Å². The average molecular weight is 312 g/mol. The summed E-state index contributed by atoms with van der Waals surface area (Å²) in [4.78, 5) is 14.0. The second-order valence-corrected chi connectivity index (χ2v) is 6.35. The average Bonchev–Trinajstić information content (AvgIpc) is 2.65. The second kappa shape index (κ2) is 6.77. The molecular weight excluding hydrogens is 292 g/mol. The lowest BCUT2D eigenvalue weighted by Crippen LogP contribution is -2.35. The molecular formula is C13H20N4O3S. The van der Waals surface area contributed by atoms with Crippen molar-refractivity contribution in [3.63, 3.8) is 0 Å². The first-order valence-corrected chi connectivity index (χ1v) is 8.45. The van der Waals surface area contributed by atoms with Crippen molar-refractivity contribution >= 4 is 27.6 Å². The van der Waals surface area contributed by atoms with Gasteiger partial charge in [0, 0.05) is 18.8 Å². The maximum Gasteiger partial charge on any atom is 0.321 e. The lowest BCUT2D eigenvalue weighted by molar-refractivity contribution is 0.214. The highest BCUT2D eigenvalue weighted by atomic mass is 32.2. The molecule has 1 saturated heterocycles. The summed E-state index contributed by atoms with van der Waals surface area (Å²) in [6.07, 6.45) is 4.33. The molecule has 1 aliphatic rings. The lowest BCUT2D eigenvalue weighted by atomic mass is 10.2. The highest BCUT2D eigenvalue weighted by Crippen LogP contribution is 2.17. The van der Waals surface area contributed by atoms with Crippen molar-refractivity contribution in [2.45, 2.75) is 25.7 Å². The summed E-state index contributed by atoms with van der Waals surface area (Å²) >= 11 is 0. The SMILES string of the molecule is NS(=O)(=O)Nc1cccc(NC(=O)N2CCCCCC2)c1. The first-order chi connectivity index (χ1) is 9.94. The van der Waals surface area contributed by atoms with E-state index >= 15 is 0 Å². The summed E-state index contributed by atoms with van der Waals surface area (Å²) in [5.74, 6) is 0. The van der Waals surface area contributed by atoms with E-state index in [4.69, 9.17) is 5.14 Å². The Morgan fingerprint density at radius 1 is 1.10 bits per heavy atom. The zero-order valence-corrected chi connectivity index (χ0v) is 12.5. The van der Waals surface area contributed by atoms with Crippen LogP contribution in [0.1, 0.15) is 25.7 Å². The number of carbonyl (C=O) groups is 1. The molecule has 1 heterocycles. The maximum absolute atomic E-state index is 12.2. The summed E-state index contributed by atoms with van der Waals surface area (Å²) in [5, 5.41) is 7.70. The van der Waals surface area contributed by atoms with Gasteiger partial charge >= 0.3 is 6.03 Å². The molecule has 1 aromatic carbocycles. The number of urea groups is 1. The number of carbonyl (C=O) groups excluding carboxylic acids is 1. The normalized spacial score (nSPS) is 16.1. The van der Waals surface area contributed by atoms with Crippen LogP contribution in [-0.2, 0) is 10.2 Å². The van der Waals surface area contributed by atoms with Crippen LogP contribution in [0.3, 0.4) is 0 Å². The van der Waals surface area contributed by atoms with Crippen LogP contribution in [-0.4, -0.2) is 32.4 Å². The van der Waals surface area contributed by atoms with Crippen molar-refractivity contribution in [2.75, 3.05) is 23.1 Å². The van der Waals surface area contributed by atoms with Gasteiger partial charge < -0.3 is 10.2 Å². The van der Waals surface area contributed by atoms with Gasteiger partial charge in [-0.2, -0.15) is 8.42 Å². The molecule has 7 nitrogen and oxygen atoms in total. The molecule has 21 heavy (non-hydrogen) atoms. The molecule has 0 saturated carbocycles. The van der Waals surface area contributed by atoms with E-state index < -0.39 is 10.2 Å². The highest BCUT2D eigenvalue weighted by molar-refractivity contribution is 7.90. The Morgan fingerprint density at radius 2 is 1.71 bits per heavy atom. The third-order valence-corrected chi connectivity index (χ3v) is 3.79. The zero-order valence-electron chi connectivity index (χ0n) is 11.7. The molecule has 2 amide bonds. The molecule has 2 rings (SSSR count). The second-order valence-electron chi connectivity index (χ2n) is 5.06. The Balaban J connectivity index is 2.01. The Labute approximate surface area is 124 Å². The van der Waals surface area contributed by atoms with Gasteiger partial charge in [-0.3, -0.25) is 4.72 Å². The number of rotatable bonds is 3. The highest BCUT2D eigenvalue weighted by Gasteiger charge is 2.15. The predicted molar refractivity (Wildman–Crippen MR) is 82.2 cm³/mol. The fourth-order valence-electron chi connectivity index (χ4n) is 2.30. The van der Waals surface area contributed by atoms with Crippen LogP contribution in [0.15, 0.2) is 24.3 Å². The van der Waals surface area contributed by atoms with Gasteiger partial charge in [0.1, 0.15) is 0 Å². The van der Waals surface area contributed by atoms with Gasteiger partial charge in [-0.15, -0.1) is 0 Å². The Hall–Kier alpha value is -1.80. The molecule has 1 aromatic rings. The van der Waals surface area contributed by atoms with E-state index in [0.29, 0.717) is 11.4 Å². The number of nitrogens with two attached hydrogens (primary N) is 1.